The molecule has 2 fully saturated rings. The van der Waals surface area contributed by atoms with Gasteiger partial charge in [0.25, 0.3) is 5.91 Å². The second-order valence-corrected chi connectivity index (χ2v) is 6.27. The predicted molar refractivity (Wildman–Crippen MR) is 80.4 cm³/mol. The number of rotatable bonds is 5. The van der Waals surface area contributed by atoms with Gasteiger partial charge in [0.1, 0.15) is 0 Å². The summed E-state index contributed by atoms with van der Waals surface area (Å²) in [6.07, 6.45) is 5.15. The quantitative estimate of drug-likeness (QED) is 0.320. The van der Waals surface area contributed by atoms with Gasteiger partial charge in [-0.25, -0.2) is 5.84 Å². The van der Waals surface area contributed by atoms with Crippen LogP contribution < -0.4 is 16.6 Å². The summed E-state index contributed by atoms with van der Waals surface area (Å²) in [6.45, 7) is 1.16. The van der Waals surface area contributed by atoms with Crippen LogP contribution in [0.1, 0.15) is 44.9 Å². The Morgan fingerprint density at radius 3 is 2.32 bits per heavy atom. The SMILES string of the molecule is NNC(=O)C(O)[C@@H](NC(=O)C1CCCCC1)C1CCOCC1. The molecule has 1 heterocycles. The predicted octanol–water partition coefficient (Wildman–Crippen LogP) is -0.171. The minimum atomic E-state index is -1.33. The maximum absolute atomic E-state index is 12.5. The molecule has 0 aromatic rings. The Labute approximate surface area is 130 Å². The molecule has 126 valence electrons. The van der Waals surface area contributed by atoms with Gasteiger partial charge in [-0.2, -0.15) is 0 Å². The normalized spacial score (nSPS) is 23.5. The fraction of sp³-hybridized carbons (Fsp3) is 0.867. The summed E-state index contributed by atoms with van der Waals surface area (Å²) in [5, 5.41) is 13.1. The number of hydrogen-bond acceptors (Lipinski definition) is 5. The van der Waals surface area contributed by atoms with E-state index in [9.17, 15) is 14.7 Å². The molecule has 5 N–H and O–H groups in total. The van der Waals surface area contributed by atoms with Crippen molar-refractivity contribution in [2.24, 2.45) is 17.7 Å². The molecule has 0 radical (unpaired) electrons. The number of aliphatic hydroxyl groups is 1. The van der Waals surface area contributed by atoms with Gasteiger partial charge in [-0.05, 0) is 31.6 Å². The lowest BCUT2D eigenvalue weighted by Crippen LogP contribution is -2.57. The fourth-order valence-corrected chi connectivity index (χ4v) is 3.42. The van der Waals surface area contributed by atoms with Crippen LogP contribution in [-0.2, 0) is 14.3 Å². The molecule has 1 saturated carbocycles. The van der Waals surface area contributed by atoms with Crippen LogP contribution in [0.15, 0.2) is 0 Å². The zero-order valence-corrected chi connectivity index (χ0v) is 12.9. The van der Waals surface area contributed by atoms with Crippen LogP contribution in [0.4, 0.5) is 0 Å². The first-order chi connectivity index (χ1) is 10.6. The maximum Gasteiger partial charge on any atom is 0.264 e. The second kappa shape index (κ2) is 8.45. The Morgan fingerprint density at radius 2 is 1.73 bits per heavy atom. The third kappa shape index (κ3) is 4.41. The van der Waals surface area contributed by atoms with E-state index in [1.807, 2.05) is 5.43 Å². The lowest BCUT2D eigenvalue weighted by atomic mass is 9.85. The van der Waals surface area contributed by atoms with E-state index in [-0.39, 0.29) is 17.7 Å². The number of hydrogen-bond donors (Lipinski definition) is 4. The first-order valence-corrected chi connectivity index (χ1v) is 8.20. The monoisotopic (exact) mass is 313 g/mol. The van der Waals surface area contributed by atoms with Crippen molar-refractivity contribution in [3.63, 3.8) is 0 Å². The number of nitrogens with two attached hydrogens (primary N) is 1. The molecule has 22 heavy (non-hydrogen) atoms. The van der Waals surface area contributed by atoms with Gasteiger partial charge in [0, 0.05) is 19.1 Å². The van der Waals surface area contributed by atoms with E-state index in [1.165, 1.54) is 6.42 Å². The Bertz CT molecular complexity index is 379. The van der Waals surface area contributed by atoms with Crippen molar-refractivity contribution < 1.29 is 19.4 Å². The van der Waals surface area contributed by atoms with Crippen molar-refractivity contribution in [1.29, 1.82) is 0 Å². The highest BCUT2D eigenvalue weighted by atomic mass is 16.5. The van der Waals surface area contributed by atoms with E-state index in [0.29, 0.717) is 26.1 Å². The first kappa shape index (κ1) is 17.2. The fourth-order valence-electron chi connectivity index (χ4n) is 3.42. The molecule has 1 unspecified atom stereocenters. The summed E-state index contributed by atoms with van der Waals surface area (Å²) < 4.78 is 5.32. The number of aliphatic hydroxyl groups excluding tert-OH is 1. The Kier molecular flexibility index (Phi) is 6.60. The molecule has 2 amide bonds. The van der Waals surface area contributed by atoms with Gasteiger partial charge >= 0.3 is 0 Å². The second-order valence-electron chi connectivity index (χ2n) is 6.27. The molecule has 2 rings (SSSR count). The van der Waals surface area contributed by atoms with Crippen LogP contribution >= 0.6 is 0 Å². The molecule has 0 bridgehead atoms. The van der Waals surface area contributed by atoms with Crippen LogP contribution in [-0.4, -0.2) is 42.3 Å². The zero-order valence-electron chi connectivity index (χ0n) is 12.9. The molecular formula is C15H27N3O4. The number of hydrazine groups is 1. The molecule has 2 aliphatic rings. The number of carbonyl (C=O) groups is 2. The van der Waals surface area contributed by atoms with E-state index in [1.54, 1.807) is 0 Å². The summed E-state index contributed by atoms with van der Waals surface area (Å²) in [5.74, 6) is 4.41. The van der Waals surface area contributed by atoms with Gasteiger partial charge in [-0.15, -0.1) is 0 Å². The van der Waals surface area contributed by atoms with Crippen molar-refractivity contribution >= 4 is 11.8 Å². The van der Waals surface area contributed by atoms with E-state index in [2.05, 4.69) is 5.32 Å². The van der Waals surface area contributed by atoms with Gasteiger partial charge in [-0.3, -0.25) is 15.0 Å². The number of carbonyl (C=O) groups excluding carboxylic acids is 2. The highest BCUT2D eigenvalue weighted by Crippen LogP contribution is 2.26. The van der Waals surface area contributed by atoms with Crippen molar-refractivity contribution in [2.45, 2.75) is 57.1 Å². The van der Waals surface area contributed by atoms with E-state index >= 15 is 0 Å². The summed E-state index contributed by atoms with van der Waals surface area (Å²) in [7, 11) is 0. The molecule has 0 spiro atoms. The van der Waals surface area contributed by atoms with Crippen molar-refractivity contribution in [1.82, 2.24) is 10.7 Å². The van der Waals surface area contributed by atoms with Crippen LogP contribution in [0.3, 0.4) is 0 Å². The van der Waals surface area contributed by atoms with Crippen LogP contribution in [0.2, 0.25) is 0 Å². The highest BCUT2D eigenvalue weighted by Gasteiger charge is 2.36. The maximum atomic E-state index is 12.5. The smallest absolute Gasteiger partial charge is 0.264 e. The molecule has 7 nitrogen and oxygen atoms in total. The highest BCUT2D eigenvalue weighted by molar-refractivity contribution is 5.83. The molecule has 7 heteroatoms. The number of amides is 2. The molecule has 1 aliphatic carbocycles. The minimum absolute atomic E-state index is 0.00997. The van der Waals surface area contributed by atoms with Gasteiger partial charge in [-0.1, -0.05) is 19.3 Å². The molecule has 0 aromatic carbocycles. The van der Waals surface area contributed by atoms with Gasteiger partial charge in [0.05, 0.1) is 6.04 Å². The lowest BCUT2D eigenvalue weighted by Gasteiger charge is -2.34. The van der Waals surface area contributed by atoms with Gasteiger partial charge in [0.2, 0.25) is 5.91 Å². The molecule has 2 atom stereocenters. The lowest BCUT2D eigenvalue weighted by molar-refractivity contribution is -0.135. The summed E-state index contributed by atoms with van der Waals surface area (Å²) >= 11 is 0. The van der Waals surface area contributed by atoms with Crippen molar-refractivity contribution in [2.75, 3.05) is 13.2 Å². The first-order valence-electron chi connectivity index (χ1n) is 8.20. The summed E-state index contributed by atoms with van der Waals surface area (Å²) in [5.41, 5.74) is 1.97. The van der Waals surface area contributed by atoms with Crippen LogP contribution in [0, 0.1) is 11.8 Å². The Morgan fingerprint density at radius 1 is 1.09 bits per heavy atom. The number of nitrogens with one attached hydrogen (secondary N) is 2. The van der Waals surface area contributed by atoms with E-state index in [0.717, 1.165) is 25.7 Å². The Hall–Kier alpha value is -1.18. The minimum Gasteiger partial charge on any atom is -0.381 e. The topological polar surface area (TPSA) is 114 Å². The average Bonchev–Trinajstić information content (AvgIpc) is 2.59. The van der Waals surface area contributed by atoms with Crippen molar-refractivity contribution in [3.05, 3.63) is 0 Å². The van der Waals surface area contributed by atoms with Crippen LogP contribution in [0.25, 0.3) is 0 Å². The molecule has 1 aliphatic heterocycles. The van der Waals surface area contributed by atoms with Gasteiger partial charge < -0.3 is 15.2 Å². The van der Waals surface area contributed by atoms with Crippen molar-refractivity contribution in [3.8, 4) is 0 Å². The van der Waals surface area contributed by atoms with Crippen LogP contribution in [0.5, 0.6) is 0 Å². The average molecular weight is 313 g/mol. The molecule has 0 aromatic heterocycles. The third-order valence-corrected chi connectivity index (χ3v) is 4.81. The van der Waals surface area contributed by atoms with Gasteiger partial charge in [0.15, 0.2) is 6.10 Å². The third-order valence-electron chi connectivity index (χ3n) is 4.81. The largest absolute Gasteiger partial charge is 0.381 e. The standard InChI is InChI=1S/C15H27N3O4/c16-18-15(21)13(19)12(10-6-8-22-9-7-10)17-14(20)11-4-2-1-3-5-11/h10-13,19H,1-9,16H2,(H,17,20)(H,18,21)/t12-,13?/m0/s1. The van der Waals surface area contributed by atoms with E-state index < -0.39 is 18.1 Å². The zero-order chi connectivity index (χ0) is 15.9. The molecular weight excluding hydrogens is 286 g/mol. The summed E-state index contributed by atoms with van der Waals surface area (Å²) in [4.78, 5) is 24.1. The Balaban J connectivity index is 2.02. The summed E-state index contributed by atoms with van der Waals surface area (Å²) in [6, 6.07) is -0.609. The number of ether oxygens (including phenoxy) is 1. The molecule has 1 saturated heterocycles. The van der Waals surface area contributed by atoms with E-state index in [4.69, 9.17) is 10.6 Å².